The van der Waals surface area contributed by atoms with E-state index in [9.17, 15) is 0 Å². The molecule has 0 heterocycles. The van der Waals surface area contributed by atoms with Gasteiger partial charge in [0.2, 0.25) is 0 Å². The molecule has 0 fully saturated rings. The first-order valence-corrected chi connectivity index (χ1v) is 8.14. The van der Waals surface area contributed by atoms with Gasteiger partial charge in [0.15, 0.2) is 0 Å². The predicted octanol–water partition coefficient (Wildman–Crippen LogP) is 1.99. The summed E-state index contributed by atoms with van der Waals surface area (Å²) in [5.41, 5.74) is 0. The smallest absolute Gasteiger partial charge is 0.000598 e. The van der Waals surface area contributed by atoms with E-state index in [1.807, 2.05) is 6.26 Å². The molecule has 0 rings (SSSR count). The maximum absolute atomic E-state index is 5.41. The fraction of sp³-hybridized carbons (Fsp3) is 1.00. The third kappa shape index (κ3) is 26.2. The van der Waals surface area contributed by atoms with Gasteiger partial charge in [-0.05, 0) is 48.7 Å². The Kier molecular flexibility index (Phi) is 2.94. The average Bonchev–Trinajstić information content (AvgIpc) is 0.722. The Labute approximate surface area is 57.7 Å². The highest BCUT2D eigenvalue weighted by atomic mass is 127. The van der Waals surface area contributed by atoms with Gasteiger partial charge in [-0.1, -0.05) is 4.56 Å². The molecule has 2 N–H and O–H groups in total. The molecule has 0 atom stereocenters. The molecule has 1 nitrogen and oxygen atoms in total. The van der Waals surface area contributed by atoms with Crippen LogP contribution in [0.1, 0.15) is 0 Å². The molecular formula is CH5I2NS. The molecule has 0 radical (unpaired) electrons. The van der Waals surface area contributed by atoms with Gasteiger partial charge in [-0.15, -0.1) is 0 Å². The summed E-state index contributed by atoms with van der Waals surface area (Å²) in [5, 5.41) is 5.41. The maximum Gasteiger partial charge on any atom is -0.000598 e. The van der Waals surface area contributed by atoms with Crippen LogP contribution in [0.3, 0.4) is 0 Å². The fourth-order valence-corrected chi connectivity index (χ4v) is 0. The zero-order valence-corrected chi connectivity index (χ0v) is 7.87. The van der Waals surface area contributed by atoms with E-state index in [0.29, 0.717) is 0 Å². The van der Waals surface area contributed by atoms with E-state index in [1.165, 1.54) is 0 Å². The van der Waals surface area contributed by atoms with Gasteiger partial charge in [0, 0.05) is 0 Å². The molecule has 0 aliphatic rings. The lowest BCUT2D eigenvalue weighted by Gasteiger charge is -2.08. The Morgan fingerprint density at radius 2 is 1.60 bits per heavy atom. The lowest BCUT2D eigenvalue weighted by Crippen LogP contribution is -1.86. The van der Waals surface area contributed by atoms with Crippen LogP contribution in [0.4, 0.5) is 0 Å². The minimum absolute atomic E-state index is 0.727. The SMILES string of the molecule is CS(N)(I)I. The van der Waals surface area contributed by atoms with Crippen LogP contribution in [0.5, 0.6) is 0 Å². The van der Waals surface area contributed by atoms with E-state index in [0.717, 1.165) is 0 Å². The van der Waals surface area contributed by atoms with Gasteiger partial charge in [0.25, 0.3) is 0 Å². The summed E-state index contributed by atoms with van der Waals surface area (Å²) in [4.78, 5) is 0. The normalized spacial score (nSPS) is 15.2. The van der Waals surface area contributed by atoms with Crippen LogP contribution in [0.25, 0.3) is 0 Å². The zero-order chi connectivity index (χ0) is 4.50. The molecule has 4 heteroatoms. The molecule has 34 valence electrons. The van der Waals surface area contributed by atoms with E-state index >= 15 is 0 Å². The summed E-state index contributed by atoms with van der Waals surface area (Å²) in [7, 11) is 0. The molecule has 0 aromatic heterocycles. The molecular weight excluding hydrogens is 312 g/mol. The number of halogens is 2. The molecule has 0 aliphatic heterocycles. The molecule has 0 bridgehead atoms. The third-order valence-corrected chi connectivity index (χ3v) is 0. The van der Waals surface area contributed by atoms with Crippen LogP contribution >= 0.6 is 47.0 Å². The number of rotatable bonds is 0. The fourth-order valence-electron chi connectivity index (χ4n) is 0. The Balaban J connectivity index is 3.02. The minimum Gasteiger partial charge on any atom is -0.279 e. The van der Waals surface area contributed by atoms with Crippen molar-refractivity contribution >= 4 is 47.0 Å². The van der Waals surface area contributed by atoms with Gasteiger partial charge in [0.1, 0.15) is 0 Å². The van der Waals surface area contributed by atoms with Crippen LogP contribution in [0, 0.1) is 0 Å². The van der Waals surface area contributed by atoms with Crippen molar-refractivity contribution in [2.24, 2.45) is 5.14 Å². The summed E-state index contributed by atoms with van der Waals surface area (Å²) in [6.45, 7) is 0. The van der Waals surface area contributed by atoms with Crippen molar-refractivity contribution in [3.05, 3.63) is 0 Å². The van der Waals surface area contributed by atoms with Gasteiger partial charge in [-0.3, -0.25) is 5.14 Å². The molecule has 0 saturated heterocycles. The largest absolute Gasteiger partial charge is 0.279 e. The van der Waals surface area contributed by atoms with Crippen LogP contribution in [0.15, 0.2) is 0 Å². The molecule has 0 spiro atoms. The minimum atomic E-state index is -0.727. The first kappa shape index (κ1) is 6.77. The summed E-state index contributed by atoms with van der Waals surface area (Å²) >= 11 is 4.45. The topological polar surface area (TPSA) is 26.0 Å². The molecule has 0 saturated carbocycles. The predicted molar refractivity (Wildman–Crippen MR) is 45.7 cm³/mol. The third-order valence-electron chi connectivity index (χ3n) is 0. The highest BCUT2D eigenvalue weighted by Crippen LogP contribution is 2.52. The number of hydrogen-bond donors (Lipinski definition) is 1. The quantitative estimate of drug-likeness (QED) is 0.680. The van der Waals surface area contributed by atoms with Crippen molar-refractivity contribution < 1.29 is 0 Å². The summed E-state index contributed by atoms with van der Waals surface area (Å²) in [6, 6.07) is 0. The van der Waals surface area contributed by atoms with Crippen molar-refractivity contribution in [3.63, 3.8) is 0 Å². The Bertz CT molecular complexity index is 25.1. The highest BCUT2D eigenvalue weighted by molar-refractivity contribution is 14.3. The summed E-state index contributed by atoms with van der Waals surface area (Å²) in [5.74, 6) is 0. The summed E-state index contributed by atoms with van der Waals surface area (Å²) in [6.07, 6.45) is 2.02. The van der Waals surface area contributed by atoms with Gasteiger partial charge >= 0.3 is 0 Å². The van der Waals surface area contributed by atoms with Crippen molar-refractivity contribution in [1.29, 1.82) is 0 Å². The van der Waals surface area contributed by atoms with Crippen LogP contribution < -0.4 is 5.14 Å². The molecule has 0 aromatic carbocycles. The van der Waals surface area contributed by atoms with Gasteiger partial charge in [0.05, 0.1) is 0 Å². The number of nitrogens with two attached hydrogens (primary N) is 1. The van der Waals surface area contributed by atoms with Crippen LogP contribution in [0.2, 0.25) is 0 Å². The van der Waals surface area contributed by atoms with Gasteiger partial charge < -0.3 is 0 Å². The number of hydrogen-bond acceptors (Lipinski definition) is 1. The lowest BCUT2D eigenvalue weighted by atomic mass is 12.0. The second kappa shape index (κ2) is 2.17. The maximum atomic E-state index is 5.41. The molecule has 0 aliphatic carbocycles. The lowest BCUT2D eigenvalue weighted by molar-refractivity contribution is 2.02. The Hall–Kier alpha value is 1.77. The van der Waals surface area contributed by atoms with Crippen molar-refractivity contribution in [3.8, 4) is 0 Å². The second-order valence-corrected chi connectivity index (χ2v) is 18.4. The van der Waals surface area contributed by atoms with E-state index in [2.05, 4.69) is 42.4 Å². The van der Waals surface area contributed by atoms with Crippen molar-refractivity contribution in [2.75, 3.05) is 6.26 Å². The molecule has 5 heavy (non-hydrogen) atoms. The monoisotopic (exact) mass is 317 g/mol. The Morgan fingerprint density at radius 3 is 1.60 bits per heavy atom. The summed E-state index contributed by atoms with van der Waals surface area (Å²) < 4.78 is -0.727. The molecule has 0 amide bonds. The molecule has 0 aromatic rings. The van der Waals surface area contributed by atoms with E-state index in [4.69, 9.17) is 5.14 Å². The van der Waals surface area contributed by atoms with Crippen LogP contribution in [-0.4, -0.2) is 6.26 Å². The second-order valence-electron chi connectivity index (χ2n) is 0.781. The van der Waals surface area contributed by atoms with E-state index < -0.39 is 4.56 Å². The van der Waals surface area contributed by atoms with Crippen LogP contribution in [-0.2, 0) is 0 Å². The van der Waals surface area contributed by atoms with Gasteiger partial charge in [-0.25, -0.2) is 0 Å². The van der Waals surface area contributed by atoms with Gasteiger partial charge in [-0.2, -0.15) is 0 Å². The first-order chi connectivity index (χ1) is 2.00. The first-order valence-electron chi connectivity index (χ1n) is 0.953. The average molecular weight is 317 g/mol. The highest BCUT2D eigenvalue weighted by Gasteiger charge is 1.93. The van der Waals surface area contributed by atoms with E-state index in [1.54, 1.807) is 0 Å². The Morgan fingerprint density at radius 1 is 1.60 bits per heavy atom. The molecule has 0 unspecified atom stereocenters. The van der Waals surface area contributed by atoms with E-state index in [-0.39, 0.29) is 0 Å². The van der Waals surface area contributed by atoms with Crippen molar-refractivity contribution in [1.82, 2.24) is 0 Å². The standard InChI is InChI=1S/CH5I2NS/c1-5(2,3)4/h4H2,1H3. The zero-order valence-electron chi connectivity index (χ0n) is 2.74. The van der Waals surface area contributed by atoms with Crippen molar-refractivity contribution in [2.45, 2.75) is 0 Å².